The summed E-state index contributed by atoms with van der Waals surface area (Å²) >= 11 is 0. The van der Waals surface area contributed by atoms with Gasteiger partial charge in [-0.2, -0.15) is 0 Å². The van der Waals surface area contributed by atoms with Crippen molar-refractivity contribution in [2.75, 3.05) is 6.61 Å². The first-order chi connectivity index (χ1) is 6.96. The van der Waals surface area contributed by atoms with Crippen LogP contribution in [-0.2, 0) is 14.3 Å². The molecule has 0 spiro atoms. The first-order valence-corrected chi connectivity index (χ1v) is 4.40. The van der Waals surface area contributed by atoms with Crippen molar-refractivity contribution in [3.05, 3.63) is 0 Å². The second-order valence-electron chi connectivity index (χ2n) is 3.49. The fourth-order valence-electron chi connectivity index (χ4n) is 1.50. The van der Waals surface area contributed by atoms with Crippen LogP contribution < -0.4 is 0 Å². The second kappa shape index (κ2) is 4.42. The van der Waals surface area contributed by atoms with Crippen LogP contribution in [0, 0.1) is 0 Å². The monoisotopic (exact) mass is 222 g/mol. The van der Waals surface area contributed by atoms with E-state index in [4.69, 9.17) is 9.84 Å². The summed E-state index contributed by atoms with van der Waals surface area (Å²) < 4.78 is 9.49. The summed E-state index contributed by atoms with van der Waals surface area (Å²) in [4.78, 5) is 10.2. The van der Waals surface area contributed by atoms with E-state index in [1.165, 1.54) is 6.92 Å². The third-order valence-electron chi connectivity index (χ3n) is 2.44. The normalized spacial score (nSPS) is 46.2. The molecule has 5 atom stereocenters. The largest absolute Gasteiger partial charge is 0.433 e. The van der Waals surface area contributed by atoms with Crippen LogP contribution in [0.1, 0.15) is 6.92 Å². The molecule has 0 bridgehead atoms. The number of ether oxygens (including phenoxy) is 2. The van der Waals surface area contributed by atoms with Crippen LogP contribution >= 0.6 is 0 Å². The highest BCUT2D eigenvalue weighted by Crippen LogP contribution is 2.30. The average Bonchev–Trinajstić information content (AvgIpc) is 2.21. The van der Waals surface area contributed by atoms with Crippen molar-refractivity contribution < 1.29 is 34.7 Å². The molecule has 1 heterocycles. The van der Waals surface area contributed by atoms with Gasteiger partial charge in [0.15, 0.2) is 0 Å². The van der Waals surface area contributed by atoms with E-state index in [0.717, 1.165) is 0 Å². The Bertz CT molecular complexity index is 231. The minimum absolute atomic E-state index is 0.0576. The first kappa shape index (κ1) is 12.3. The van der Waals surface area contributed by atoms with Crippen molar-refractivity contribution in [1.82, 2.24) is 0 Å². The smallest absolute Gasteiger partial charge is 0.295 e. The van der Waals surface area contributed by atoms with E-state index in [0.29, 0.717) is 0 Å². The van der Waals surface area contributed by atoms with Gasteiger partial charge in [-0.1, -0.05) is 0 Å². The second-order valence-corrected chi connectivity index (χ2v) is 3.49. The molecule has 0 aromatic carbocycles. The Labute approximate surface area is 85.9 Å². The predicted molar refractivity (Wildman–Crippen MR) is 45.5 cm³/mol. The van der Waals surface area contributed by atoms with Crippen molar-refractivity contribution in [3.63, 3.8) is 0 Å². The van der Waals surface area contributed by atoms with E-state index in [2.05, 4.69) is 4.74 Å². The number of hydrogen-bond acceptors (Lipinski definition) is 7. The molecule has 0 aromatic heterocycles. The summed E-state index contributed by atoms with van der Waals surface area (Å²) in [7, 11) is 0. The summed E-state index contributed by atoms with van der Waals surface area (Å²) in [6, 6.07) is 0. The predicted octanol–water partition coefficient (Wildman–Crippen LogP) is -2.65. The molecule has 1 unspecified atom stereocenters. The number of carbonyl (C=O) groups is 1. The molecule has 1 fully saturated rings. The van der Waals surface area contributed by atoms with Gasteiger partial charge in [-0.05, 0) is 0 Å². The molecule has 7 heteroatoms. The van der Waals surface area contributed by atoms with E-state index in [9.17, 15) is 20.1 Å². The van der Waals surface area contributed by atoms with E-state index < -0.39 is 36.8 Å². The molecule has 0 radical (unpaired) electrons. The molecule has 0 aliphatic carbocycles. The van der Waals surface area contributed by atoms with Gasteiger partial charge >= 0.3 is 0 Å². The zero-order chi connectivity index (χ0) is 11.6. The molecule has 88 valence electrons. The molecule has 1 saturated heterocycles. The maximum Gasteiger partial charge on any atom is 0.295 e. The molecule has 0 saturated carbocycles. The van der Waals surface area contributed by atoms with Crippen LogP contribution in [-0.4, -0.2) is 63.7 Å². The lowest BCUT2D eigenvalue weighted by atomic mass is 9.93. The van der Waals surface area contributed by atoms with Gasteiger partial charge in [0.2, 0.25) is 5.79 Å². The molecular formula is C8H14O7. The summed E-state index contributed by atoms with van der Waals surface area (Å²) in [6.07, 6.45) is -5.69. The van der Waals surface area contributed by atoms with Crippen LogP contribution in [0.25, 0.3) is 0 Å². The molecule has 1 rings (SSSR count). The number of carbonyl (C=O) groups excluding carboxylic acids is 1. The van der Waals surface area contributed by atoms with Crippen molar-refractivity contribution in [2.45, 2.75) is 37.1 Å². The number of aliphatic hydroxyl groups is 4. The molecule has 1 aliphatic heterocycles. The third kappa shape index (κ3) is 2.11. The molecular weight excluding hydrogens is 208 g/mol. The molecule has 15 heavy (non-hydrogen) atoms. The minimum Gasteiger partial charge on any atom is -0.433 e. The topological polar surface area (TPSA) is 116 Å². The quantitative estimate of drug-likeness (QED) is 0.385. The minimum atomic E-state index is -1.77. The lowest BCUT2D eigenvalue weighted by Gasteiger charge is -2.44. The van der Waals surface area contributed by atoms with Crippen LogP contribution in [0.3, 0.4) is 0 Å². The van der Waals surface area contributed by atoms with Crippen molar-refractivity contribution >= 4 is 6.47 Å². The van der Waals surface area contributed by atoms with Gasteiger partial charge < -0.3 is 29.9 Å². The SMILES string of the molecule is CC1(OC=O)O[C@H](CO)[C@@H](O)[C@H](O)[C@@H]1O. The Balaban J connectivity index is 2.86. The maximum absolute atomic E-state index is 10.2. The van der Waals surface area contributed by atoms with Gasteiger partial charge in [0.25, 0.3) is 6.47 Å². The highest BCUT2D eigenvalue weighted by Gasteiger charge is 2.52. The Morgan fingerprint density at radius 1 is 1.40 bits per heavy atom. The van der Waals surface area contributed by atoms with Gasteiger partial charge in [0.1, 0.15) is 24.4 Å². The van der Waals surface area contributed by atoms with Crippen LogP contribution in [0.4, 0.5) is 0 Å². The first-order valence-electron chi connectivity index (χ1n) is 4.40. The lowest BCUT2D eigenvalue weighted by molar-refractivity contribution is -0.340. The van der Waals surface area contributed by atoms with Gasteiger partial charge in [0, 0.05) is 6.92 Å². The van der Waals surface area contributed by atoms with Crippen LogP contribution in [0.5, 0.6) is 0 Å². The van der Waals surface area contributed by atoms with E-state index >= 15 is 0 Å². The summed E-state index contributed by atoms with van der Waals surface area (Å²) in [5.41, 5.74) is 0. The maximum atomic E-state index is 10.2. The van der Waals surface area contributed by atoms with E-state index in [1.54, 1.807) is 0 Å². The van der Waals surface area contributed by atoms with E-state index in [-0.39, 0.29) is 6.47 Å². The highest BCUT2D eigenvalue weighted by molar-refractivity contribution is 5.38. The number of hydrogen-bond donors (Lipinski definition) is 4. The number of aliphatic hydroxyl groups excluding tert-OH is 4. The Morgan fingerprint density at radius 2 is 2.00 bits per heavy atom. The molecule has 0 aromatic rings. The Morgan fingerprint density at radius 3 is 2.47 bits per heavy atom. The van der Waals surface area contributed by atoms with Gasteiger partial charge in [0.05, 0.1) is 6.61 Å². The Kier molecular flexibility index (Phi) is 3.63. The molecule has 7 nitrogen and oxygen atoms in total. The van der Waals surface area contributed by atoms with Crippen LogP contribution in [0.2, 0.25) is 0 Å². The van der Waals surface area contributed by atoms with Gasteiger partial charge in [-0.25, -0.2) is 0 Å². The van der Waals surface area contributed by atoms with Crippen LogP contribution in [0.15, 0.2) is 0 Å². The molecule has 1 aliphatic rings. The summed E-state index contributed by atoms with van der Waals surface area (Å²) in [5, 5.41) is 37.1. The fourth-order valence-corrected chi connectivity index (χ4v) is 1.50. The zero-order valence-electron chi connectivity index (χ0n) is 8.11. The fraction of sp³-hybridized carbons (Fsp3) is 0.875. The lowest BCUT2D eigenvalue weighted by Crippen LogP contribution is -2.64. The molecule has 4 N–H and O–H groups in total. The van der Waals surface area contributed by atoms with Crippen molar-refractivity contribution in [2.24, 2.45) is 0 Å². The highest BCUT2D eigenvalue weighted by atomic mass is 16.7. The summed E-state index contributed by atoms with van der Waals surface area (Å²) in [6.45, 7) is 0.717. The summed E-state index contributed by atoms with van der Waals surface area (Å²) in [5.74, 6) is -1.77. The van der Waals surface area contributed by atoms with Gasteiger partial charge in [-0.15, -0.1) is 0 Å². The average molecular weight is 222 g/mol. The zero-order valence-corrected chi connectivity index (χ0v) is 8.11. The molecule has 0 amide bonds. The Hall–Kier alpha value is -0.730. The van der Waals surface area contributed by atoms with Crippen molar-refractivity contribution in [3.8, 4) is 0 Å². The third-order valence-corrected chi connectivity index (χ3v) is 2.44. The standard InChI is InChI=1S/C8H14O7/c1-8(14-3-10)7(13)6(12)5(11)4(2-9)15-8/h3-7,9,11-13H,2H2,1H3/t4-,5-,6+,7+,8?/m1/s1. The van der Waals surface area contributed by atoms with E-state index in [1.807, 2.05) is 0 Å². The number of rotatable bonds is 3. The van der Waals surface area contributed by atoms with Gasteiger partial charge in [-0.3, -0.25) is 4.79 Å². The van der Waals surface area contributed by atoms with Crippen molar-refractivity contribution in [1.29, 1.82) is 0 Å².